The van der Waals surface area contributed by atoms with E-state index >= 15 is 0 Å². The molecule has 1 aromatic rings. The van der Waals surface area contributed by atoms with E-state index < -0.39 is 5.41 Å². The Hall–Kier alpha value is -0.940. The van der Waals surface area contributed by atoms with Crippen LogP contribution in [0.3, 0.4) is 0 Å². The first-order chi connectivity index (χ1) is 9.47. The molecule has 0 saturated heterocycles. The Labute approximate surface area is 127 Å². The Bertz CT molecular complexity index is 499. The Morgan fingerprint density at radius 3 is 2.75 bits per heavy atom. The van der Waals surface area contributed by atoms with Crippen molar-refractivity contribution in [2.75, 3.05) is 11.9 Å². The molecule has 3 nitrogen and oxygen atoms in total. The molecular formula is C15H20BrFN2O. The number of benzene rings is 1. The van der Waals surface area contributed by atoms with Crippen molar-refractivity contribution in [3.63, 3.8) is 0 Å². The predicted molar refractivity (Wildman–Crippen MR) is 81.8 cm³/mol. The molecule has 1 aliphatic carbocycles. The number of rotatable bonds is 3. The maximum atomic E-state index is 13.3. The van der Waals surface area contributed by atoms with Gasteiger partial charge in [-0.3, -0.25) is 4.79 Å². The van der Waals surface area contributed by atoms with E-state index in [2.05, 4.69) is 28.2 Å². The molecule has 0 radical (unpaired) electrons. The average Bonchev–Trinajstić information content (AvgIpc) is 2.44. The van der Waals surface area contributed by atoms with Gasteiger partial charge in [-0.15, -0.1) is 0 Å². The second-order valence-electron chi connectivity index (χ2n) is 5.75. The second kappa shape index (κ2) is 6.22. The number of halogens is 2. The molecule has 0 atom stereocenters. The molecule has 2 rings (SSSR count). The fraction of sp³-hybridized carbons (Fsp3) is 0.533. The lowest BCUT2D eigenvalue weighted by Gasteiger charge is -2.37. The molecule has 0 unspecified atom stereocenters. The predicted octanol–water partition coefficient (Wildman–Crippen LogP) is 3.68. The van der Waals surface area contributed by atoms with E-state index in [1.807, 2.05) is 0 Å². The fourth-order valence-electron chi connectivity index (χ4n) is 2.69. The molecule has 1 saturated carbocycles. The first kappa shape index (κ1) is 15.4. The van der Waals surface area contributed by atoms with Crippen molar-refractivity contribution >= 4 is 27.5 Å². The Kier molecular flexibility index (Phi) is 4.81. The zero-order valence-corrected chi connectivity index (χ0v) is 13.2. The monoisotopic (exact) mass is 342 g/mol. The van der Waals surface area contributed by atoms with Gasteiger partial charge in [-0.1, -0.05) is 6.92 Å². The van der Waals surface area contributed by atoms with Crippen molar-refractivity contribution in [3.8, 4) is 0 Å². The molecule has 0 aliphatic heterocycles. The summed E-state index contributed by atoms with van der Waals surface area (Å²) in [6.07, 6.45) is 3.61. The van der Waals surface area contributed by atoms with Crippen molar-refractivity contribution in [1.29, 1.82) is 0 Å². The van der Waals surface area contributed by atoms with Crippen molar-refractivity contribution < 1.29 is 9.18 Å². The maximum Gasteiger partial charge on any atom is 0.231 e. The number of hydrogen-bond donors (Lipinski definition) is 2. The van der Waals surface area contributed by atoms with Gasteiger partial charge in [0, 0.05) is 11.0 Å². The highest BCUT2D eigenvalue weighted by Crippen LogP contribution is 2.39. The summed E-state index contributed by atoms with van der Waals surface area (Å²) in [6, 6.07) is 4.25. The summed E-state index contributed by atoms with van der Waals surface area (Å²) < 4.78 is 13.9. The lowest BCUT2D eigenvalue weighted by Crippen LogP contribution is -2.44. The van der Waals surface area contributed by atoms with Gasteiger partial charge in [0.05, 0.1) is 11.1 Å². The van der Waals surface area contributed by atoms with Gasteiger partial charge in [-0.05, 0) is 65.7 Å². The molecule has 0 heterocycles. The molecule has 1 aromatic carbocycles. The Morgan fingerprint density at radius 1 is 1.50 bits per heavy atom. The third-order valence-corrected chi connectivity index (χ3v) is 4.97. The van der Waals surface area contributed by atoms with Crippen LogP contribution in [0.2, 0.25) is 0 Å². The van der Waals surface area contributed by atoms with Crippen LogP contribution in [0, 0.1) is 17.2 Å². The van der Waals surface area contributed by atoms with Gasteiger partial charge in [0.25, 0.3) is 0 Å². The minimum atomic E-state index is -0.516. The van der Waals surface area contributed by atoms with Crippen LogP contribution in [0.25, 0.3) is 0 Å². The second-order valence-corrected chi connectivity index (χ2v) is 6.60. The zero-order valence-electron chi connectivity index (χ0n) is 11.6. The summed E-state index contributed by atoms with van der Waals surface area (Å²) in [5.41, 5.74) is 5.80. The van der Waals surface area contributed by atoms with Crippen LogP contribution >= 0.6 is 15.9 Å². The van der Waals surface area contributed by atoms with Crippen molar-refractivity contribution in [1.82, 2.24) is 0 Å². The lowest BCUT2D eigenvalue weighted by atomic mass is 9.70. The van der Waals surface area contributed by atoms with E-state index in [4.69, 9.17) is 5.73 Å². The third kappa shape index (κ3) is 3.20. The molecule has 110 valence electrons. The average molecular weight is 343 g/mol. The van der Waals surface area contributed by atoms with E-state index in [0.29, 0.717) is 22.6 Å². The Balaban J connectivity index is 2.15. The highest BCUT2D eigenvalue weighted by molar-refractivity contribution is 9.10. The zero-order chi connectivity index (χ0) is 14.8. The quantitative estimate of drug-likeness (QED) is 0.880. The Morgan fingerprint density at radius 2 is 2.15 bits per heavy atom. The molecule has 1 amide bonds. The molecular weight excluding hydrogens is 323 g/mol. The first-order valence-corrected chi connectivity index (χ1v) is 7.73. The van der Waals surface area contributed by atoms with Gasteiger partial charge in [0.1, 0.15) is 5.82 Å². The minimum Gasteiger partial charge on any atom is -0.329 e. The summed E-state index contributed by atoms with van der Waals surface area (Å²) >= 11 is 3.32. The van der Waals surface area contributed by atoms with Crippen LogP contribution in [0.5, 0.6) is 0 Å². The molecule has 0 spiro atoms. The SMILES string of the molecule is CC1CCC(CN)(C(=O)Nc2cc(F)ccc2Br)CC1. The molecule has 1 fully saturated rings. The standard InChI is InChI=1S/C15H20BrFN2O/c1-10-4-6-15(9-18,7-5-10)14(20)19-13-8-11(17)2-3-12(13)16/h2-3,8,10H,4-7,9,18H2,1H3,(H,19,20). The largest absolute Gasteiger partial charge is 0.329 e. The number of nitrogens with one attached hydrogen (secondary N) is 1. The fourth-order valence-corrected chi connectivity index (χ4v) is 3.03. The minimum absolute atomic E-state index is 0.0989. The molecule has 1 aliphatic rings. The first-order valence-electron chi connectivity index (χ1n) is 6.93. The smallest absolute Gasteiger partial charge is 0.231 e. The highest BCUT2D eigenvalue weighted by atomic mass is 79.9. The highest BCUT2D eigenvalue weighted by Gasteiger charge is 2.39. The van der Waals surface area contributed by atoms with Crippen LogP contribution in [-0.4, -0.2) is 12.5 Å². The van der Waals surface area contributed by atoms with E-state index in [9.17, 15) is 9.18 Å². The number of carbonyl (C=O) groups is 1. The molecule has 0 aromatic heterocycles. The van der Waals surface area contributed by atoms with Gasteiger partial charge >= 0.3 is 0 Å². The molecule has 0 bridgehead atoms. The van der Waals surface area contributed by atoms with Crippen molar-refractivity contribution in [2.24, 2.45) is 17.1 Å². The summed E-state index contributed by atoms with van der Waals surface area (Å²) in [5, 5.41) is 2.82. The molecule has 5 heteroatoms. The summed E-state index contributed by atoms with van der Waals surface area (Å²) in [6.45, 7) is 2.53. The number of amides is 1. The summed E-state index contributed by atoms with van der Waals surface area (Å²) in [5.74, 6) is 0.171. The van der Waals surface area contributed by atoms with Crippen molar-refractivity contribution in [3.05, 3.63) is 28.5 Å². The van der Waals surface area contributed by atoms with E-state index in [1.54, 1.807) is 6.07 Å². The number of carbonyl (C=O) groups excluding carboxylic acids is 1. The number of nitrogens with two attached hydrogens (primary N) is 1. The maximum absolute atomic E-state index is 13.3. The van der Waals surface area contributed by atoms with Gasteiger partial charge in [0.15, 0.2) is 0 Å². The van der Waals surface area contributed by atoms with Crippen LogP contribution < -0.4 is 11.1 Å². The van der Waals surface area contributed by atoms with Gasteiger partial charge in [-0.2, -0.15) is 0 Å². The van der Waals surface area contributed by atoms with Crippen molar-refractivity contribution in [2.45, 2.75) is 32.6 Å². The van der Waals surface area contributed by atoms with E-state index in [-0.39, 0.29) is 11.7 Å². The molecule has 3 N–H and O–H groups in total. The number of anilines is 1. The summed E-state index contributed by atoms with van der Waals surface area (Å²) in [7, 11) is 0. The summed E-state index contributed by atoms with van der Waals surface area (Å²) in [4.78, 5) is 12.6. The topological polar surface area (TPSA) is 55.1 Å². The lowest BCUT2D eigenvalue weighted by molar-refractivity contribution is -0.127. The van der Waals surface area contributed by atoms with Crippen LogP contribution in [-0.2, 0) is 4.79 Å². The van der Waals surface area contributed by atoms with E-state index in [0.717, 1.165) is 25.7 Å². The van der Waals surface area contributed by atoms with Gasteiger partial charge in [-0.25, -0.2) is 4.39 Å². The third-order valence-electron chi connectivity index (χ3n) is 4.28. The normalized spacial score (nSPS) is 26.3. The van der Waals surface area contributed by atoms with Gasteiger partial charge in [0.2, 0.25) is 5.91 Å². The van der Waals surface area contributed by atoms with E-state index in [1.165, 1.54) is 12.1 Å². The van der Waals surface area contributed by atoms with Gasteiger partial charge < -0.3 is 11.1 Å². The van der Waals surface area contributed by atoms with Crippen LogP contribution in [0.4, 0.5) is 10.1 Å². The molecule has 20 heavy (non-hydrogen) atoms. The van der Waals surface area contributed by atoms with Crippen LogP contribution in [0.15, 0.2) is 22.7 Å². The van der Waals surface area contributed by atoms with Crippen LogP contribution in [0.1, 0.15) is 32.6 Å². The number of hydrogen-bond acceptors (Lipinski definition) is 2.